The molecule has 2 aromatic rings. The molecule has 4 nitrogen and oxygen atoms in total. The minimum Gasteiger partial charge on any atom is -0.454 e. The zero-order chi connectivity index (χ0) is 15.5. The molecule has 2 atom stereocenters. The first-order chi connectivity index (χ1) is 10.7. The molecular formula is C18H16O4. The molecule has 1 heterocycles. The SMILES string of the molecule is C=C[C@H](c1ccccc1)[C@H](O)C(=O)c1ccc2c(c1)OCO2. The number of aliphatic hydroxyl groups is 1. The first-order valence-electron chi connectivity index (χ1n) is 7.00. The number of hydrogen-bond donors (Lipinski definition) is 1. The quantitative estimate of drug-likeness (QED) is 0.681. The lowest BCUT2D eigenvalue weighted by Gasteiger charge is -2.19. The van der Waals surface area contributed by atoms with E-state index < -0.39 is 12.0 Å². The lowest BCUT2D eigenvalue weighted by Crippen LogP contribution is -2.27. The molecule has 0 aromatic heterocycles. The predicted octanol–water partition coefficient (Wildman–Crippen LogP) is 2.93. The molecule has 0 saturated carbocycles. The molecule has 1 N–H and O–H groups in total. The normalized spacial score (nSPS) is 15.1. The molecule has 112 valence electrons. The van der Waals surface area contributed by atoms with Crippen molar-refractivity contribution in [3.63, 3.8) is 0 Å². The Balaban J connectivity index is 1.86. The highest BCUT2D eigenvalue weighted by atomic mass is 16.7. The molecule has 22 heavy (non-hydrogen) atoms. The Bertz CT molecular complexity index is 693. The number of hydrogen-bond acceptors (Lipinski definition) is 4. The van der Waals surface area contributed by atoms with Gasteiger partial charge in [-0.1, -0.05) is 36.4 Å². The van der Waals surface area contributed by atoms with Crippen molar-refractivity contribution >= 4 is 5.78 Å². The van der Waals surface area contributed by atoms with Crippen LogP contribution in [0.4, 0.5) is 0 Å². The summed E-state index contributed by atoms with van der Waals surface area (Å²) in [6.07, 6.45) is 0.394. The molecule has 0 bridgehead atoms. The Hall–Kier alpha value is -2.59. The molecule has 0 unspecified atom stereocenters. The van der Waals surface area contributed by atoms with Crippen LogP contribution >= 0.6 is 0 Å². The molecule has 0 amide bonds. The zero-order valence-electron chi connectivity index (χ0n) is 11.9. The topological polar surface area (TPSA) is 55.8 Å². The molecule has 0 fully saturated rings. The predicted molar refractivity (Wildman–Crippen MR) is 82.3 cm³/mol. The van der Waals surface area contributed by atoms with E-state index in [9.17, 15) is 9.90 Å². The van der Waals surface area contributed by atoms with E-state index in [1.165, 1.54) is 0 Å². The highest BCUT2D eigenvalue weighted by Gasteiger charge is 2.27. The fraction of sp³-hybridized carbons (Fsp3) is 0.167. The van der Waals surface area contributed by atoms with Gasteiger partial charge < -0.3 is 14.6 Å². The summed E-state index contributed by atoms with van der Waals surface area (Å²) in [7, 11) is 0. The average Bonchev–Trinajstić information content (AvgIpc) is 3.03. The number of carbonyl (C=O) groups is 1. The highest BCUT2D eigenvalue weighted by Crippen LogP contribution is 2.33. The Morgan fingerprint density at radius 2 is 1.86 bits per heavy atom. The largest absolute Gasteiger partial charge is 0.454 e. The molecule has 4 heteroatoms. The maximum absolute atomic E-state index is 12.5. The second kappa shape index (κ2) is 6.03. The monoisotopic (exact) mass is 296 g/mol. The minimum absolute atomic E-state index is 0.148. The van der Waals surface area contributed by atoms with E-state index in [1.807, 2.05) is 30.3 Å². The van der Waals surface area contributed by atoms with Gasteiger partial charge in [0.1, 0.15) is 6.10 Å². The van der Waals surface area contributed by atoms with Crippen LogP contribution in [0.3, 0.4) is 0 Å². The molecule has 1 aliphatic rings. The second-order valence-electron chi connectivity index (χ2n) is 5.05. The van der Waals surface area contributed by atoms with Gasteiger partial charge in [0.2, 0.25) is 6.79 Å². The summed E-state index contributed by atoms with van der Waals surface area (Å²) in [5, 5.41) is 10.4. The van der Waals surface area contributed by atoms with Crippen LogP contribution in [0.2, 0.25) is 0 Å². The van der Waals surface area contributed by atoms with Crippen molar-refractivity contribution in [2.75, 3.05) is 6.79 Å². The molecule has 0 radical (unpaired) electrons. The van der Waals surface area contributed by atoms with Gasteiger partial charge in [-0.05, 0) is 23.8 Å². The maximum Gasteiger partial charge on any atom is 0.231 e. The van der Waals surface area contributed by atoms with Gasteiger partial charge >= 0.3 is 0 Å². The van der Waals surface area contributed by atoms with Crippen molar-refractivity contribution in [3.8, 4) is 11.5 Å². The lowest BCUT2D eigenvalue weighted by molar-refractivity contribution is 0.0720. The van der Waals surface area contributed by atoms with E-state index in [-0.39, 0.29) is 12.6 Å². The number of aliphatic hydroxyl groups excluding tert-OH is 1. The van der Waals surface area contributed by atoms with E-state index in [2.05, 4.69) is 6.58 Å². The van der Waals surface area contributed by atoms with Crippen LogP contribution in [0.15, 0.2) is 61.2 Å². The van der Waals surface area contributed by atoms with E-state index >= 15 is 0 Å². The van der Waals surface area contributed by atoms with Crippen molar-refractivity contribution in [1.29, 1.82) is 0 Å². The third-order valence-corrected chi connectivity index (χ3v) is 3.70. The zero-order valence-corrected chi connectivity index (χ0v) is 11.9. The van der Waals surface area contributed by atoms with Crippen molar-refractivity contribution < 1.29 is 19.4 Å². The summed E-state index contributed by atoms with van der Waals surface area (Å²) in [6, 6.07) is 14.2. The fourth-order valence-electron chi connectivity index (χ4n) is 2.51. The molecule has 0 saturated heterocycles. The number of fused-ring (bicyclic) bond motifs is 1. The van der Waals surface area contributed by atoms with Gasteiger partial charge in [-0.25, -0.2) is 0 Å². The van der Waals surface area contributed by atoms with Gasteiger partial charge in [0.05, 0.1) is 0 Å². The summed E-state index contributed by atoms with van der Waals surface area (Å²) in [5.41, 5.74) is 1.23. The fourth-order valence-corrected chi connectivity index (χ4v) is 2.51. The third-order valence-electron chi connectivity index (χ3n) is 3.70. The summed E-state index contributed by atoms with van der Waals surface area (Å²) >= 11 is 0. The number of ether oxygens (including phenoxy) is 2. The van der Waals surface area contributed by atoms with Crippen LogP contribution in [-0.4, -0.2) is 23.8 Å². The number of Topliss-reactive ketones (excluding diaryl/α,β-unsaturated/α-hetero) is 1. The van der Waals surface area contributed by atoms with Gasteiger partial charge in [-0.15, -0.1) is 6.58 Å². The van der Waals surface area contributed by atoms with Gasteiger partial charge in [0.25, 0.3) is 0 Å². The molecular weight excluding hydrogens is 280 g/mol. The van der Waals surface area contributed by atoms with Gasteiger partial charge in [-0.2, -0.15) is 0 Å². The lowest BCUT2D eigenvalue weighted by atomic mass is 9.89. The summed E-state index contributed by atoms with van der Waals surface area (Å²) in [6.45, 7) is 3.88. The van der Waals surface area contributed by atoms with Gasteiger partial charge in [0.15, 0.2) is 17.3 Å². The van der Waals surface area contributed by atoms with Crippen molar-refractivity contribution in [2.24, 2.45) is 0 Å². The summed E-state index contributed by atoms with van der Waals surface area (Å²) < 4.78 is 10.5. The number of carbonyl (C=O) groups excluding carboxylic acids is 1. The highest BCUT2D eigenvalue weighted by molar-refractivity contribution is 6.00. The van der Waals surface area contributed by atoms with Crippen LogP contribution in [0, 0.1) is 0 Å². The van der Waals surface area contributed by atoms with Crippen LogP contribution in [-0.2, 0) is 0 Å². The van der Waals surface area contributed by atoms with Crippen molar-refractivity contribution in [1.82, 2.24) is 0 Å². The van der Waals surface area contributed by atoms with E-state index in [1.54, 1.807) is 24.3 Å². The number of ketones is 1. The molecule has 2 aromatic carbocycles. The second-order valence-corrected chi connectivity index (χ2v) is 5.05. The Kier molecular flexibility index (Phi) is 3.94. The van der Waals surface area contributed by atoms with E-state index in [0.717, 1.165) is 5.56 Å². The van der Waals surface area contributed by atoms with Crippen LogP contribution < -0.4 is 9.47 Å². The number of benzene rings is 2. The standard InChI is InChI=1S/C18H16O4/c1-2-14(12-6-4-3-5-7-12)18(20)17(19)13-8-9-15-16(10-13)22-11-21-15/h2-10,14,18,20H,1,11H2/t14-,18+/m1/s1. The average molecular weight is 296 g/mol. The summed E-state index contributed by atoms with van der Waals surface area (Å²) in [5.74, 6) is 0.300. The Labute approximate surface area is 128 Å². The van der Waals surface area contributed by atoms with E-state index in [4.69, 9.17) is 9.47 Å². The van der Waals surface area contributed by atoms with Crippen LogP contribution in [0.25, 0.3) is 0 Å². The van der Waals surface area contributed by atoms with Crippen molar-refractivity contribution in [3.05, 3.63) is 72.3 Å². The van der Waals surface area contributed by atoms with E-state index in [0.29, 0.717) is 17.1 Å². The minimum atomic E-state index is -1.19. The first-order valence-corrected chi connectivity index (χ1v) is 7.00. The maximum atomic E-state index is 12.5. The Morgan fingerprint density at radius 3 is 2.59 bits per heavy atom. The Morgan fingerprint density at radius 1 is 1.14 bits per heavy atom. The molecule has 3 rings (SSSR count). The molecule has 1 aliphatic heterocycles. The van der Waals surface area contributed by atoms with Gasteiger partial charge in [-0.3, -0.25) is 4.79 Å². The first kappa shape index (κ1) is 14.4. The van der Waals surface area contributed by atoms with Crippen molar-refractivity contribution in [2.45, 2.75) is 12.0 Å². The molecule has 0 aliphatic carbocycles. The third kappa shape index (κ3) is 2.61. The van der Waals surface area contributed by atoms with Gasteiger partial charge in [0, 0.05) is 11.5 Å². The number of rotatable bonds is 5. The van der Waals surface area contributed by atoms with Crippen LogP contribution in [0.1, 0.15) is 21.8 Å². The molecule has 0 spiro atoms. The van der Waals surface area contributed by atoms with Crippen LogP contribution in [0.5, 0.6) is 11.5 Å². The summed E-state index contributed by atoms with van der Waals surface area (Å²) in [4.78, 5) is 12.5. The smallest absolute Gasteiger partial charge is 0.231 e.